The number of carbonyl (C=O) groups excluding carboxylic acids is 1. The van der Waals surface area contributed by atoms with Crippen LogP contribution in [0.5, 0.6) is 0 Å². The molecule has 5 nitrogen and oxygen atoms in total. The maximum Gasteiger partial charge on any atom is 0.162 e. The van der Waals surface area contributed by atoms with Crippen molar-refractivity contribution in [2.75, 3.05) is 5.75 Å². The number of Topliss-reactive ketones (excluding diaryl/α,β-unsaturated/α-hetero) is 1. The van der Waals surface area contributed by atoms with Crippen molar-refractivity contribution < 1.29 is 17.7 Å². The first-order chi connectivity index (χ1) is 9.41. The molecule has 120 valence electrons. The summed E-state index contributed by atoms with van der Waals surface area (Å²) in [4.78, 5) is 12.3. The zero-order chi connectivity index (χ0) is 16.5. The van der Waals surface area contributed by atoms with E-state index < -0.39 is 14.6 Å². The summed E-state index contributed by atoms with van der Waals surface area (Å²) in [5, 5.41) is 3.94. The normalized spacial score (nSPS) is 13.4. The van der Waals surface area contributed by atoms with Crippen molar-refractivity contribution in [3.63, 3.8) is 0 Å². The fourth-order valence-corrected chi connectivity index (χ4v) is 3.28. The van der Waals surface area contributed by atoms with Gasteiger partial charge in [0, 0.05) is 11.5 Å². The van der Waals surface area contributed by atoms with Crippen LogP contribution in [0.15, 0.2) is 10.6 Å². The Morgan fingerprint density at radius 3 is 2.24 bits per heavy atom. The van der Waals surface area contributed by atoms with Gasteiger partial charge in [-0.1, -0.05) is 32.9 Å². The van der Waals surface area contributed by atoms with E-state index in [0.29, 0.717) is 12.2 Å². The lowest BCUT2D eigenvalue weighted by Gasteiger charge is -2.22. The third-order valence-corrected chi connectivity index (χ3v) is 6.31. The van der Waals surface area contributed by atoms with Crippen LogP contribution in [0.1, 0.15) is 59.4 Å². The van der Waals surface area contributed by atoms with Crippen molar-refractivity contribution in [1.82, 2.24) is 5.16 Å². The number of ketones is 1. The van der Waals surface area contributed by atoms with Gasteiger partial charge < -0.3 is 4.52 Å². The van der Waals surface area contributed by atoms with Crippen LogP contribution in [0.4, 0.5) is 0 Å². The van der Waals surface area contributed by atoms with Crippen LogP contribution in [0.2, 0.25) is 0 Å². The molecule has 0 saturated heterocycles. The van der Waals surface area contributed by atoms with Gasteiger partial charge in [-0.15, -0.1) is 0 Å². The van der Waals surface area contributed by atoms with E-state index in [2.05, 4.69) is 5.16 Å². The Balaban J connectivity index is 2.93. The first-order valence-electron chi connectivity index (χ1n) is 7.13. The standard InChI is InChI=1S/C15H25NO4S/c1-7-8-21(18,19)15(5,6)13(17)10-11-9-12(16-20-11)14(2,3)4/h9H,7-8,10H2,1-6H3. The Morgan fingerprint density at radius 2 is 1.81 bits per heavy atom. The molecule has 1 aromatic rings. The summed E-state index contributed by atoms with van der Waals surface area (Å²) in [6.45, 7) is 10.7. The Bertz CT molecular complexity index is 606. The first-order valence-corrected chi connectivity index (χ1v) is 8.78. The second-order valence-corrected chi connectivity index (χ2v) is 9.52. The van der Waals surface area contributed by atoms with Gasteiger partial charge >= 0.3 is 0 Å². The van der Waals surface area contributed by atoms with Crippen LogP contribution >= 0.6 is 0 Å². The summed E-state index contributed by atoms with van der Waals surface area (Å²) < 4.78 is 28.1. The van der Waals surface area contributed by atoms with Gasteiger partial charge in [0.25, 0.3) is 0 Å². The molecule has 1 heterocycles. The molecule has 1 aromatic heterocycles. The van der Waals surface area contributed by atoms with E-state index in [4.69, 9.17) is 4.52 Å². The highest BCUT2D eigenvalue weighted by Crippen LogP contribution is 2.25. The second kappa shape index (κ2) is 5.91. The van der Waals surface area contributed by atoms with E-state index >= 15 is 0 Å². The molecule has 0 radical (unpaired) electrons. The summed E-state index contributed by atoms with van der Waals surface area (Å²) in [5.41, 5.74) is 0.578. The molecule has 0 fully saturated rings. The van der Waals surface area contributed by atoms with Crippen LogP contribution in [0.25, 0.3) is 0 Å². The summed E-state index contributed by atoms with van der Waals surface area (Å²) >= 11 is 0. The van der Waals surface area contributed by atoms with Crippen molar-refractivity contribution in [1.29, 1.82) is 0 Å². The van der Waals surface area contributed by atoms with Gasteiger partial charge in [-0.05, 0) is 20.3 Å². The van der Waals surface area contributed by atoms with Gasteiger partial charge in [0.05, 0.1) is 17.9 Å². The SMILES string of the molecule is CCCS(=O)(=O)C(C)(C)C(=O)Cc1cc(C(C)(C)C)no1. The lowest BCUT2D eigenvalue weighted by Crippen LogP contribution is -2.42. The molecule has 0 N–H and O–H groups in total. The minimum Gasteiger partial charge on any atom is -0.361 e. The van der Waals surface area contributed by atoms with E-state index in [-0.39, 0.29) is 23.4 Å². The minimum absolute atomic E-state index is 0.00931. The number of hydrogen-bond donors (Lipinski definition) is 0. The number of nitrogens with zero attached hydrogens (tertiary/aromatic N) is 1. The smallest absolute Gasteiger partial charge is 0.162 e. The maximum absolute atomic E-state index is 12.3. The third-order valence-electron chi connectivity index (χ3n) is 3.58. The molecule has 0 unspecified atom stereocenters. The molecule has 0 amide bonds. The van der Waals surface area contributed by atoms with E-state index in [1.54, 1.807) is 13.0 Å². The van der Waals surface area contributed by atoms with Crippen LogP contribution in [0, 0.1) is 0 Å². The fourth-order valence-electron chi connectivity index (χ4n) is 1.82. The topological polar surface area (TPSA) is 77.2 Å². The molecule has 0 spiro atoms. The van der Waals surface area contributed by atoms with Crippen molar-refractivity contribution in [3.05, 3.63) is 17.5 Å². The largest absolute Gasteiger partial charge is 0.361 e. The van der Waals surface area contributed by atoms with E-state index in [0.717, 1.165) is 5.69 Å². The van der Waals surface area contributed by atoms with E-state index in [1.165, 1.54) is 13.8 Å². The highest BCUT2D eigenvalue weighted by Gasteiger charge is 2.40. The molecular formula is C15H25NO4S. The number of rotatable bonds is 6. The quantitative estimate of drug-likeness (QED) is 0.806. The number of hydrogen-bond acceptors (Lipinski definition) is 5. The average molecular weight is 315 g/mol. The van der Waals surface area contributed by atoms with Crippen molar-refractivity contribution in [2.45, 2.75) is 64.5 Å². The Kier molecular flexibility index (Phi) is 5.03. The maximum atomic E-state index is 12.3. The Hall–Kier alpha value is -1.17. The predicted octanol–water partition coefficient (Wildman–Crippen LogP) is 2.69. The van der Waals surface area contributed by atoms with E-state index in [1.807, 2.05) is 20.8 Å². The van der Waals surface area contributed by atoms with Crippen LogP contribution in [-0.4, -0.2) is 29.9 Å². The third kappa shape index (κ3) is 3.93. The zero-order valence-electron chi connectivity index (χ0n) is 13.7. The molecule has 6 heteroatoms. The first kappa shape index (κ1) is 17.9. The van der Waals surface area contributed by atoms with Crippen molar-refractivity contribution >= 4 is 15.6 Å². The molecule has 0 aliphatic rings. The summed E-state index contributed by atoms with van der Waals surface area (Å²) in [5.74, 6) is 0.0484. The second-order valence-electron chi connectivity index (χ2n) is 6.86. The van der Waals surface area contributed by atoms with Crippen molar-refractivity contribution in [3.8, 4) is 0 Å². The zero-order valence-corrected chi connectivity index (χ0v) is 14.5. The van der Waals surface area contributed by atoms with Gasteiger partial charge in [0.2, 0.25) is 0 Å². The van der Waals surface area contributed by atoms with Gasteiger partial charge in [-0.3, -0.25) is 4.79 Å². The lowest BCUT2D eigenvalue weighted by atomic mass is 9.92. The van der Waals surface area contributed by atoms with Gasteiger partial charge in [-0.25, -0.2) is 8.42 Å². The number of sulfone groups is 1. The summed E-state index contributed by atoms with van der Waals surface area (Å²) in [6, 6.07) is 1.72. The molecule has 0 saturated carbocycles. The molecule has 1 rings (SSSR count). The van der Waals surface area contributed by atoms with Gasteiger partial charge in [0.1, 0.15) is 10.5 Å². The number of carbonyl (C=O) groups is 1. The average Bonchev–Trinajstić information content (AvgIpc) is 2.76. The molecule has 0 aromatic carbocycles. The van der Waals surface area contributed by atoms with E-state index in [9.17, 15) is 13.2 Å². The summed E-state index contributed by atoms with van der Waals surface area (Å²) in [6.07, 6.45) is 0.439. The predicted molar refractivity (Wildman–Crippen MR) is 82.1 cm³/mol. The fraction of sp³-hybridized carbons (Fsp3) is 0.733. The Morgan fingerprint density at radius 1 is 1.24 bits per heavy atom. The van der Waals surface area contributed by atoms with Crippen LogP contribution in [-0.2, 0) is 26.5 Å². The monoisotopic (exact) mass is 315 g/mol. The van der Waals surface area contributed by atoms with Crippen LogP contribution < -0.4 is 0 Å². The Labute approximate surface area is 127 Å². The minimum atomic E-state index is -3.46. The highest BCUT2D eigenvalue weighted by molar-refractivity contribution is 7.93. The highest BCUT2D eigenvalue weighted by atomic mass is 32.2. The molecular weight excluding hydrogens is 290 g/mol. The van der Waals surface area contributed by atoms with Gasteiger partial charge in [-0.2, -0.15) is 0 Å². The van der Waals surface area contributed by atoms with Crippen LogP contribution in [0.3, 0.4) is 0 Å². The van der Waals surface area contributed by atoms with Crippen molar-refractivity contribution in [2.24, 2.45) is 0 Å². The molecule has 0 bridgehead atoms. The molecule has 21 heavy (non-hydrogen) atoms. The lowest BCUT2D eigenvalue weighted by molar-refractivity contribution is -0.120. The number of aromatic nitrogens is 1. The molecule has 0 aliphatic heterocycles. The molecule has 0 aliphatic carbocycles. The summed E-state index contributed by atoms with van der Waals surface area (Å²) in [7, 11) is -3.46. The molecule has 0 atom stereocenters. The van der Waals surface area contributed by atoms with Gasteiger partial charge in [0.15, 0.2) is 15.6 Å².